The maximum Gasteiger partial charge on any atom is 0.397 e. The van der Waals surface area contributed by atoms with E-state index in [9.17, 15) is 8.42 Å². The van der Waals surface area contributed by atoms with Crippen LogP contribution in [0.15, 0.2) is 0 Å². The molecule has 0 heterocycles. The molecule has 0 aliphatic rings. The Kier molecular flexibility index (Phi) is 6.73. The van der Waals surface area contributed by atoms with Crippen molar-refractivity contribution in [3.63, 3.8) is 0 Å². The summed E-state index contributed by atoms with van der Waals surface area (Å²) in [6.07, 6.45) is 0. The fourth-order valence-corrected chi connectivity index (χ4v) is 0.447. The van der Waals surface area contributed by atoms with Crippen molar-refractivity contribution < 1.29 is 17.2 Å². The second-order valence-electron chi connectivity index (χ2n) is 0.834. The molecule has 0 fully saturated rings. The second kappa shape index (κ2) is 4.65. The molecule has 8 heavy (non-hydrogen) atoms. The van der Waals surface area contributed by atoms with Gasteiger partial charge < -0.3 is 0 Å². The summed E-state index contributed by atoms with van der Waals surface area (Å²) in [6.45, 7) is 1.44. The zero-order valence-corrected chi connectivity index (χ0v) is 8.99. The van der Waals surface area contributed by atoms with Crippen molar-refractivity contribution in [2.24, 2.45) is 0 Å². The van der Waals surface area contributed by atoms with E-state index in [1.54, 1.807) is 0 Å². The molecule has 4 radical (unpaired) electrons. The molecule has 0 aliphatic heterocycles. The van der Waals surface area contributed by atoms with Crippen LogP contribution >= 0.6 is 0 Å². The standard InChI is InChI=1S/C2H6O4S.Pb/c1-2-6-7(3,4)5;/h2H2,1H3,(H,3,4,5);. The first-order valence-electron chi connectivity index (χ1n) is 1.68. The molecule has 0 aromatic rings. The molecule has 6 heteroatoms. The summed E-state index contributed by atoms with van der Waals surface area (Å²) in [5.74, 6) is 0. The molecule has 0 amide bonds. The van der Waals surface area contributed by atoms with Crippen molar-refractivity contribution in [1.82, 2.24) is 0 Å². The molecule has 1 N–H and O–H groups in total. The first-order chi connectivity index (χ1) is 3.06. The summed E-state index contributed by atoms with van der Waals surface area (Å²) in [5, 5.41) is 0. The Balaban J connectivity index is 0. The van der Waals surface area contributed by atoms with Crippen LogP contribution in [0.3, 0.4) is 0 Å². The Hall–Kier alpha value is 0.792. The van der Waals surface area contributed by atoms with Crippen LogP contribution in [0.1, 0.15) is 6.92 Å². The third-order valence-corrected chi connectivity index (χ3v) is 0.800. The molecule has 0 spiro atoms. The van der Waals surface area contributed by atoms with Crippen molar-refractivity contribution in [2.45, 2.75) is 6.92 Å². The van der Waals surface area contributed by atoms with Crippen LogP contribution < -0.4 is 0 Å². The molecule has 0 atom stereocenters. The van der Waals surface area contributed by atoms with Gasteiger partial charge in [-0.15, -0.1) is 0 Å². The van der Waals surface area contributed by atoms with Gasteiger partial charge in [0.2, 0.25) is 0 Å². The van der Waals surface area contributed by atoms with Gasteiger partial charge >= 0.3 is 10.4 Å². The van der Waals surface area contributed by atoms with Crippen LogP contribution in [0.5, 0.6) is 0 Å². The van der Waals surface area contributed by atoms with Crippen LogP contribution in [0, 0.1) is 0 Å². The minimum absolute atomic E-state index is 0. The molecule has 4 nitrogen and oxygen atoms in total. The van der Waals surface area contributed by atoms with Gasteiger partial charge in [0.15, 0.2) is 0 Å². The van der Waals surface area contributed by atoms with Crippen molar-refractivity contribution in [3.05, 3.63) is 0 Å². The van der Waals surface area contributed by atoms with Crippen molar-refractivity contribution >= 4 is 37.7 Å². The Labute approximate surface area is 68.3 Å². The van der Waals surface area contributed by atoms with Crippen LogP contribution in [0.2, 0.25) is 0 Å². The molecular formula is C2H6O4PbS. The second-order valence-corrected chi connectivity index (χ2v) is 1.93. The molecule has 0 saturated heterocycles. The van der Waals surface area contributed by atoms with E-state index in [0.717, 1.165) is 0 Å². The largest absolute Gasteiger partial charge is 0.397 e. The molecule has 0 aromatic heterocycles. The van der Waals surface area contributed by atoms with Gasteiger partial charge in [-0.3, -0.25) is 4.55 Å². The Bertz CT molecular complexity index is 127. The van der Waals surface area contributed by atoms with Crippen LogP contribution in [-0.2, 0) is 14.6 Å². The van der Waals surface area contributed by atoms with E-state index in [-0.39, 0.29) is 33.9 Å². The van der Waals surface area contributed by atoms with Gasteiger partial charge in [-0.05, 0) is 6.92 Å². The first kappa shape index (κ1) is 11.6. The molecule has 0 saturated carbocycles. The van der Waals surface area contributed by atoms with Gasteiger partial charge in [0.05, 0.1) is 6.61 Å². The van der Waals surface area contributed by atoms with Gasteiger partial charge in [-0.1, -0.05) is 0 Å². The maximum atomic E-state index is 9.56. The van der Waals surface area contributed by atoms with E-state index in [2.05, 4.69) is 4.18 Å². The van der Waals surface area contributed by atoms with Crippen LogP contribution in [-0.4, -0.2) is 46.9 Å². The quantitative estimate of drug-likeness (QED) is 0.544. The molecule has 0 aliphatic carbocycles. The SMILES string of the molecule is CCOS(=O)(=O)O.[Pb]. The predicted octanol–water partition coefficient (Wildman–Crippen LogP) is -0.555. The van der Waals surface area contributed by atoms with Gasteiger partial charge in [-0.2, -0.15) is 8.42 Å². The fraction of sp³-hybridized carbons (Fsp3) is 1.00. The van der Waals surface area contributed by atoms with Crippen molar-refractivity contribution in [3.8, 4) is 0 Å². The molecular weight excluding hydrogens is 327 g/mol. The van der Waals surface area contributed by atoms with E-state index in [1.165, 1.54) is 6.92 Å². The number of hydrogen-bond acceptors (Lipinski definition) is 3. The molecule has 48 valence electrons. The summed E-state index contributed by atoms with van der Waals surface area (Å²) in [5.41, 5.74) is 0. The van der Waals surface area contributed by atoms with Gasteiger partial charge in [0.25, 0.3) is 0 Å². The van der Waals surface area contributed by atoms with E-state index in [0.29, 0.717) is 0 Å². The third kappa shape index (κ3) is 9.92. The molecule has 0 rings (SSSR count). The Morgan fingerprint density at radius 2 is 2.00 bits per heavy atom. The average molecular weight is 333 g/mol. The summed E-state index contributed by atoms with van der Waals surface area (Å²) in [7, 11) is -4.17. The van der Waals surface area contributed by atoms with E-state index >= 15 is 0 Å². The zero-order chi connectivity index (χ0) is 5.91. The number of rotatable bonds is 2. The van der Waals surface area contributed by atoms with Crippen LogP contribution in [0.25, 0.3) is 0 Å². The Morgan fingerprint density at radius 3 is 2.00 bits per heavy atom. The molecule has 0 aromatic carbocycles. The van der Waals surface area contributed by atoms with Crippen LogP contribution in [0.4, 0.5) is 0 Å². The minimum Gasteiger partial charge on any atom is -0.264 e. The first-order valence-corrected chi connectivity index (χ1v) is 3.04. The number of hydrogen-bond donors (Lipinski definition) is 1. The topological polar surface area (TPSA) is 63.6 Å². The summed E-state index contributed by atoms with van der Waals surface area (Å²) in [6, 6.07) is 0. The van der Waals surface area contributed by atoms with Gasteiger partial charge in [-0.25, -0.2) is 4.18 Å². The minimum atomic E-state index is -4.17. The van der Waals surface area contributed by atoms with E-state index in [4.69, 9.17) is 4.55 Å². The summed E-state index contributed by atoms with van der Waals surface area (Å²) in [4.78, 5) is 0. The van der Waals surface area contributed by atoms with Crippen molar-refractivity contribution in [1.29, 1.82) is 0 Å². The summed E-state index contributed by atoms with van der Waals surface area (Å²) < 4.78 is 30.7. The monoisotopic (exact) mass is 334 g/mol. The molecule has 0 bridgehead atoms. The van der Waals surface area contributed by atoms with Gasteiger partial charge in [0.1, 0.15) is 0 Å². The fourth-order valence-electron chi connectivity index (χ4n) is 0.149. The Morgan fingerprint density at radius 1 is 1.62 bits per heavy atom. The third-order valence-electron chi connectivity index (χ3n) is 0.267. The normalized spacial score (nSPS) is 10.2. The molecule has 0 unspecified atom stereocenters. The smallest absolute Gasteiger partial charge is 0.264 e. The van der Waals surface area contributed by atoms with Gasteiger partial charge in [0, 0.05) is 27.3 Å². The van der Waals surface area contributed by atoms with E-state index in [1.807, 2.05) is 0 Å². The predicted molar refractivity (Wildman–Crippen MR) is 28.9 cm³/mol. The maximum absolute atomic E-state index is 9.56. The van der Waals surface area contributed by atoms with Crippen molar-refractivity contribution in [2.75, 3.05) is 6.61 Å². The average Bonchev–Trinajstić information content (AvgIpc) is 1.30. The van der Waals surface area contributed by atoms with E-state index < -0.39 is 10.4 Å². The summed E-state index contributed by atoms with van der Waals surface area (Å²) >= 11 is 0. The zero-order valence-electron chi connectivity index (χ0n) is 4.29.